The molecule has 0 aromatic heterocycles. The van der Waals surface area contributed by atoms with Gasteiger partial charge in [0.1, 0.15) is 0 Å². The van der Waals surface area contributed by atoms with Gasteiger partial charge in [0.25, 0.3) is 0 Å². The second-order valence-corrected chi connectivity index (χ2v) is 6.49. The zero-order chi connectivity index (χ0) is 14.4. The zero-order valence-corrected chi connectivity index (χ0v) is 12.5. The van der Waals surface area contributed by atoms with E-state index in [4.69, 9.17) is 0 Å². The molecular weight excluding hydrogens is 254 g/mol. The molecule has 4 rings (SSSR count). The van der Waals surface area contributed by atoms with E-state index in [-0.39, 0.29) is 5.41 Å². The van der Waals surface area contributed by atoms with Gasteiger partial charge in [0.05, 0.1) is 0 Å². The Labute approximate surface area is 125 Å². The van der Waals surface area contributed by atoms with E-state index in [1.54, 1.807) is 0 Å². The number of fused-ring (bicyclic) bond motifs is 3. The summed E-state index contributed by atoms with van der Waals surface area (Å²) in [6.07, 6.45) is 0. The van der Waals surface area contributed by atoms with Gasteiger partial charge >= 0.3 is 0 Å². The highest BCUT2D eigenvalue weighted by atomic mass is 15.2. The predicted molar refractivity (Wildman–Crippen MR) is 90.4 cm³/mol. The van der Waals surface area contributed by atoms with E-state index in [0.717, 1.165) is 6.54 Å². The minimum Gasteiger partial charge on any atom is -0.340 e. The standard InChI is InChI=1S/C20H19N/c1-20(2)14-21(16-9-4-3-5-10-16)18-13-12-15-8-6-7-11-17(15)19(18)20/h3-13H,14H2,1-2H3. The van der Waals surface area contributed by atoms with Crippen molar-refractivity contribution in [2.24, 2.45) is 0 Å². The van der Waals surface area contributed by atoms with Crippen LogP contribution in [0.5, 0.6) is 0 Å². The van der Waals surface area contributed by atoms with Crippen LogP contribution in [-0.2, 0) is 5.41 Å². The number of anilines is 2. The van der Waals surface area contributed by atoms with Crippen LogP contribution in [0.25, 0.3) is 10.8 Å². The van der Waals surface area contributed by atoms with Crippen LogP contribution >= 0.6 is 0 Å². The van der Waals surface area contributed by atoms with Crippen LogP contribution in [0.4, 0.5) is 11.4 Å². The molecule has 0 saturated heterocycles. The number of hydrogen-bond acceptors (Lipinski definition) is 1. The fourth-order valence-electron chi connectivity index (χ4n) is 3.59. The molecule has 0 N–H and O–H groups in total. The van der Waals surface area contributed by atoms with Gasteiger partial charge in [-0.3, -0.25) is 0 Å². The average Bonchev–Trinajstić information content (AvgIpc) is 2.80. The van der Waals surface area contributed by atoms with E-state index in [0.29, 0.717) is 0 Å². The van der Waals surface area contributed by atoms with Crippen LogP contribution in [0, 0.1) is 0 Å². The van der Waals surface area contributed by atoms with Gasteiger partial charge < -0.3 is 4.90 Å². The topological polar surface area (TPSA) is 3.24 Å². The summed E-state index contributed by atoms with van der Waals surface area (Å²) < 4.78 is 0. The molecule has 21 heavy (non-hydrogen) atoms. The van der Waals surface area contributed by atoms with Crippen molar-refractivity contribution in [2.45, 2.75) is 19.3 Å². The maximum absolute atomic E-state index is 2.45. The van der Waals surface area contributed by atoms with Crippen LogP contribution < -0.4 is 4.90 Å². The number of nitrogens with zero attached hydrogens (tertiary/aromatic N) is 1. The molecule has 1 heteroatoms. The first-order valence-electron chi connectivity index (χ1n) is 7.52. The summed E-state index contributed by atoms with van der Waals surface area (Å²) in [5, 5.41) is 2.72. The van der Waals surface area contributed by atoms with Crippen LogP contribution in [0.3, 0.4) is 0 Å². The van der Waals surface area contributed by atoms with E-state index in [9.17, 15) is 0 Å². The van der Waals surface area contributed by atoms with Crippen LogP contribution in [-0.4, -0.2) is 6.54 Å². The third-order valence-electron chi connectivity index (χ3n) is 4.50. The SMILES string of the molecule is CC1(C)CN(c2ccccc2)c2ccc3ccccc3c21. The molecule has 1 heterocycles. The fourth-order valence-corrected chi connectivity index (χ4v) is 3.59. The first kappa shape index (κ1) is 12.5. The van der Waals surface area contributed by atoms with Gasteiger partial charge in [-0.15, -0.1) is 0 Å². The Morgan fingerprint density at radius 3 is 2.33 bits per heavy atom. The Morgan fingerprint density at radius 2 is 1.52 bits per heavy atom. The van der Waals surface area contributed by atoms with Gasteiger partial charge in [-0.1, -0.05) is 62.4 Å². The van der Waals surface area contributed by atoms with Crippen molar-refractivity contribution < 1.29 is 0 Å². The lowest BCUT2D eigenvalue weighted by molar-refractivity contribution is 0.573. The molecule has 0 radical (unpaired) electrons. The van der Waals surface area contributed by atoms with E-state index in [2.05, 4.69) is 85.5 Å². The lowest BCUT2D eigenvalue weighted by Gasteiger charge is -2.22. The maximum atomic E-state index is 2.45. The molecule has 0 bridgehead atoms. The summed E-state index contributed by atoms with van der Waals surface area (Å²) >= 11 is 0. The molecule has 0 amide bonds. The largest absolute Gasteiger partial charge is 0.340 e. The van der Waals surface area contributed by atoms with Gasteiger partial charge in [-0.2, -0.15) is 0 Å². The van der Waals surface area contributed by atoms with Gasteiger partial charge in [0.15, 0.2) is 0 Å². The van der Waals surface area contributed by atoms with Crippen molar-refractivity contribution >= 4 is 22.1 Å². The number of para-hydroxylation sites is 1. The monoisotopic (exact) mass is 273 g/mol. The van der Waals surface area contributed by atoms with Crippen LogP contribution in [0.1, 0.15) is 19.4 Å². The Bertz CT molecular complexity index is 802. The summed E-state index contributed by atoms with van der Waals surface area (Å²) in [5.41, 5.74) is 4.26. The third kappa shape index (κ3) is 1.84. The van der Waals surface area contributed by atoms with Crippen molar-refractivity contribution in [2.75, 3.05) is 11.4 Å². The quantitative estimate of drug-likeness (QED) is 0.584. The Morgan fingerprint density at radius 1 is 0.810 bits per heavy atom. The molecule has 0 aliphatic carbocycles. The lowest BCUT2D eigenvalue weighted by Crippen LogP contribution is -2.25. The number of hydrogen-bond donors (Lipinski definition) is 0. The van der Waals surface area contributed by atoms with Crippen LogP contribution in [0.15, 0.2) is 66.7 Å². The minimum absolute atomic E-state index is 0.159. The highest BCUT2D eigenvalue weighted by Crippen LogP contribution is 2.47. The van der Waals surface area contributed by atoms with Crippen LogP contribution in [0.2, 0.25) is 0 Å². The van der Waals surface area contributed by atoms with Crippen molar-refractivity contribution in [1.29, 1.82) is 0 Å². The van der Waals surface area contributed by atoms with Gasteiger partial charge in [-0.25, -0.2) is 0 Å². The van der Waals surface area contributed by atoms with E-state index < -0.39 is 0 Å². The van der Waals surface area contributed by atoms with E-state index >= 15 is 0 Å². The summed E-state index contributed by atoms with van der Waals surface area (Å²) in [6, 6.07) is 23.9. The molecule has 0 atom stereocenters. The van der Waals surface area contributed by atoms with Gasteiger partial charge in [0, 0.05) is 23.3 Å². The highest BCUT2D eigenvalue weighted by molar-refractivity contribution is 5.94. The van der Waals surface area contributed by atoms with Gasteiger partial charge in [0.2, 0.25) is 0 Å². The average molecular weight is 273 g/mol. The van der Waals surface area contributed by atoms with Crippen molar-refractivity contribution in [3.05, 3.63) is 72.3 Å². The zero-order valence-electron chi connectivity index (χ0n) is 12.5. The highest BCUT2D eigenvalue weighted by Gasteiger charge is 2.36. The van der Waals surface area contributed by atoms with Crippen molar-refractivity contribution in [3.63, 3.8) is 0 Å². The molecule has 104 valence electrons. The Hall–Kier alpha value is -2.28. The third-order valence-corrected chi connectivity index (χ3v) is 4.50. The summed E-state index contributed by atoms with van der Waals surface area (Å²) in [5.74, 6) is 0. The number of rotatable bonds is 1. The van der Waals surface area contributed by atoms with Crippen molar-refractivity contribution in [1.82, 2.24) is 0 Å². The maximum Gasteiger partial charge on any atom is 0.0456 e. The second-order valence-electron chi connectivity index (χ2n) is 6.49. The molecule has 0 unspecified atom stereocenters. The predicted octanol–water partition coefficient (Wildman–Crippen LogP) is 5.27. The molecule has 1 aliphatic heterocycles. The molecular formula is C20H19N. The Balaban J connectivity index is 1.99. The van der Waals surface area contributed by atoms with E-state index in [1.165, 1.54) is 27.7 Å². The van der Waals surface area contributed by atoms with Crippen molar-refractivity contribution in [3.8, 4) is 0 Å². The molecule has 3 aromatic rings. The number of benzene rings is 3. The summed E-state index contributed by atoms with van der Waals surface area (Å²) in [4.78, 5) is 2.45. The molecule has 0 saturated carbocycles. The molecule has 0 fully saturated rings. The second kappa shape index (κ2) is 4.36. The summed E-state index contributed by atoms with van der Waals surface area (Å²) in [6.45, 7) is 5.72. The molecule has 3 aromatic carbocycles. The first-order valence-corrected chi connectivity index (χ1v) is 7.52. The summed E-state index contributed by atoms with van der Waals surface area (Å²) in [7, 11) is 0. The first-order chi connectivity index (χ1) is 10.2. The molecule has 0 spiro atoms. The molecule has 1 aliphatic rings. The lowest BCUT2D eigenvalue weighted by atomic mass is 9.84. The minimum atomic E-state index is 0.159. The normalized spacial score (nSPS) is 16.2. The van der Waals surface area contributed by atoms with E-state index in [1.807, 2.05) is 0 Å². The fraction of sp³-hybridized carbons (Fsp3) is 0.200. The smallest absolute Gasteiger partial charge is 0.0456 e. The molecule has 1 nitrogen and oxygen atoms in total. The van der Waals surface area contributed by atoms with Gasteiger partial charge in [-0.05, 0) is 34.5 Å². The Kier molecular flexibility index (Phi) is 2.58.